The molecule has 2 aromatic heterocycles. The van der Waals surface area contributed by atoms with Gasteiger partial charge in [-0.25, -0.2) is 23.4 Å². The molecule has 0 saturated heterocycles. The summed E-state index contributed by atoms with van der Waals surface area (Å²) in [4.78, 5) is 23.7. The Kier molecular flexibility index (Phi) is 5.01. The largest absolute Gasteiger partial charge is 0.446 e. The molecule has 0 bridgehead atoms. The molecule has 9 heteroatoms. The van der Waals surface area contributed by atoms with Crippen molar-refractivity contribution in [1.29, 1.82) is 0 Å². The lowest BCUT2D eigenvalue weighted by molar-refractivity contribution is -0.133. The lowest BCUT2D eigenvalue weighted by Gasteiger charge is -2.25. The Morgan fingerprint density at radius 1 is 1.00 bits per heavy atom. The maximum atomic E-state index is 13.4. The predicted molar refractivity (Wildman–Crippen MR) is 111 cm³/mol. The van der Waals surface area contributed by atoms with Crippen LogP contribution in [0.1, 0.15) is 17.3 Å². The highest BCUT2D eigenvalue weighted by Gasteiger charge is 2.26. The predicted octanol–water partition coefficient (Wildman–Crippen LogP) is 3.77. The van der Waals surface area contributed by atoms with Crippen molar-refractivity contribution in [2.45, 2.75) is 26.4 Å². The number of amides is 1. The fourth-order valence-corrected chi connectivity index (χ4v) is 3.75. The summed E-state index contributed by atoms with van der Waals surface area (Å²) in [6, 6.07) is 11.6. The van der Waals surface area contributed by atoms with Gasteiger partial charge in [-0.05, 0) is 48.5 Å². The second-order valence-corrected chi connectivity index (χ2v) is 7.60. The third-order valence-corrected chi connectivity index (χ3v) is 5.35. The van der Waals surface area contributed by atoms with Crippen LogP contribution in [0.4, 0.5) is 8.78 Å². The first-order chi connectivity index (χ1) is 15.5. The summed E-state index contributed by atoms with van der Waals surface area (Å²) in [6.07, 6.45) is 0.602. The minimum Gasteiger partial charge on any atom is -0.446 e. The van der Waals surface area contributed by atoms with Crippen LogP contribution in [-0.2, 0) is 24.3 Å². The van der Waals surface area contributed by atoms with Gasteiger partial charge >= 0.3 is 0 Å². The van der Waals surface area contributed by atoms with Gasteiger partial charge in [-0.1, -0.05) is 0 Å². The number of oxazole rings is 1. The molecule has 0 aliphatic carbocycles. The Hall–Kier alpha value is -3.88. The van der Waals surface area contributed by atoms with E-state index in [1.165, 1.54) is 28.9 Å². The maximum absolute atomic E-state index is 13.4. The first-order valence-electron chi connectivity index (χ1n) is 10.2. The van der Waals surface area contributed by atoms with Crippen molar-refractivity contribution in [1.82, 2.24) is 24.6 Å². The fraction of sp³-hybridized carbons (Fsp3) is 0.217. The van der Waals surface area contributed by atoms with Crippen molar-refractivity contribution in [3.8, 4) is 22.8 Å². The number of aromatic nitrogens is 4. The van der Waals surface area contributed by atoms with Crippen molar-refractivity contribution in [3.63, 3.8) is 0 Å². The smallest absolute Gasteiger partial charge is 0.244 e. The van der Waals surface area contributed by atoms with E-state index in [1.807, 2.05) is 0 Å². The maximum Gasteiger partial charge on any atom is 0.244 e. The Morgan fingerprint density at radius 3 is 2.34 bits per heavy atom. The van der Waals surface area contributed by atoms with Gasteiger partial charge in [0.1, 0.15) is 29.6 Å². The monoisotopic (exact) mass is 435 g/mol. The normalized spacial score (nSPS) is 13.3. The molecular weight excluding hydrogens is 416 g/mol. The standard InChI is InChI=1S/C23H19F2N5O2/c1-14-26-19-12-29(11-10-20(19)32-14)21(31)13-30-23(16-4-8-18(25)9-5-16)27-22(28-30)15-2-6-17(24)7-3-15/h2-9H,10-13H2,1H3. The summed E-state index contributed by atoms with van der Waals surface area (Å²) < 4.78 is 33.8. The summed E-state index contributed by atoms with van der Waals surface area (Å²) in [5.41, 5.74) is 2.00. The molecule has 1 aliphatic heterocycles. The number of aryl methyl sites for hydroxylation is 1. The minimum absolute atomic E-state index is 0.0485. The van der Waals surface area contributed by atoms with Crippen LogP contribution in [0, 0.1) is 18.6 Å². The first-order valence-corrected chi connectivity index (χ1v) is 10.2. The molecule has 0 fully saturated rings. The van der Waals surface area contributed by atoms with E-state index in [2.05, 4.69) is 15.1 Å². The minimum atomic E-state index is -0.373. The molecule has 0 unspecified atom stereocenters. The SMILES string of the molecule is Cc1nc2c(o1)CCN(C(=O)Cn1nc(-c3ccc(F)cc3)nc1-c1ccc(F)cc1)C2. The van der Waals surface area contributed by atoms with Crippen molar-refractivity contribution >= 4 is 5.91 Å². The highest BCUT2D eigenvalue weighted by molar-refractivity contribution is 5.77. The topological polar surface area (TPSA) is 77.0 Å². The van der Waals surface area contributed by atoms with Gasteiger partial charge in [-0.3, -0.25) is 4.79 Å². The fourth-order valence-electron chi connectivity index (χ4n) is 3.75. The van der Waals surface area contributed by atoms with E-state index in [4.69, 9.17) is 4.42 Å². The highest BCUT2D eigenvalue weighted by atomic mass is 19.1. The Bertz CT molecular complexity index is 1280. The van der Waals surface area contributed by atoms with Crippen molar-refractivity contribution in [2.24, 2.45) is 0 Å². The lowest BCUT2D eigenvalue weighted by atomic mass is 10.1. The van der Waals surface area contributed by atoms with Crippen LogP contribution in [0.5, 0.6) is 0 Å². The van der Waals surface area contributed by atoms with Crippen LogP contribution in [0.15, 0.2) is 52.9 Å². The summed E-state index contributed by atoms with van der Waals surface area (Å²) in [5, 5.41) is 4.50. The van der Waals surface area contributed by atoms with Gasteiger partial charge in [0, 0.05) is 31.0 Å². The highest BCUT2D eigenvalue weighted by Crippen LogP contribution is 2.24. The van der Waals surface area contributed by atoms with Crippen molar-refractivity contribution in [3.05, 3.63) is 77.5 Å². The zero-order valence-corrected chi connectivity index (χ0v) is 17.3. The van der Waals surface area contributed by atoms with Gasteiger partial charge in [-0.15, -0.1) is 5.10 Å². The molecule has 3 heterocycles. The van der Waals surface area contributed by atoms with Crippen LogP contribution in [0.25, 0.3) is 22.8 Å². The van der Waals surface area contributed by atoms with Gasteiger partial charge < -0.3 is 9.32 Å². The summed E-state index contributed by atoms with van der Waals surface area (Å²) >= 11 is 0. The van der Waals surface area contributed by atoms with E-state index >= 15 is 0 Å². The molecule has 0 radical (unpaired) electrons. The lowest BCUT2D eigenvalue weighted by Crippen LogP contribution is -2.38. The molecule has 0 saturated carbocycles. The van der Waals surface area contributed by atoms with Gasteiger partial charge in [0.2, 0.25) is 5.91 Å². The van der Waals surface area contributed by atoms with Crippen molar-refractivity contribution < 1.29 is 18.0 Å². The number of rotatable bonds is 4. The molecule has 0 atom stereocenters. The Balaban J connectivity index is 1.45. The number of hydrogen-bond donors (Lipinski definition) is 0. The molecule has 5 rings (SSSR count). The van der Waals surface area contributed by atoms with Crippen LogP contribution < -0.4 is 0 Å². The van der Waals surface area contributed by atoms with Gasteiger partial charge in [0.25, 0.3) is 0 Å². The molecule has 4 aromatic rings. The second kappa shape index (κ2) is 7.99. The number of halogens is 2. The number of hydrogen-bond acceptors (Lipinski definition) is 5. The molecule has 0 spiro atoms. The quantitative estimate of drug-likeness (QED) is 0.488. The summed E-state index contributed by atoms with van der Waals surface area (Å²) in [7, 11) is 0. The molecule has 0 N–H and O–H groups in total. The molecule has 1 amide bonds. The van der Waals surface area contributed by atoms with E-state index in [-0.39, 0.29) is 24.1 Å². The molecule has 7 nitrogen and oxygen atoms in total. The van der Waals surface area contributed by atoms with Crippen LogP contribution in [-0.4, -0.2) is 37.1 Å². The van der Waals surface area contributed by atoms with Gasteiger partial charge in [0.05, 0.1) is 6.54 Å². The number of carbonyl (C=O) groups excluding carboxylic acids is 1. The first kappa shape index (κ1) is 20.0. The third kappa shape index (κ3) is 3.89. The van der Waals surface area contributed by atoms with E-state index in [1.54, 1.807) is 36.1 Å². The molecule has 1 aliphatic rings. The van der Waals surface area contributed by atoms with Crippen LogP contribution >= 0.6 is 0 Å². The molecule has 32 heavy (non-hydrogen) atoms. The van der Waals surface area contributed by atoms with E-state index in [0.29, 0.717) is 48.2 Å². The average Bonchev–Trinajstić information content (AvgIpc) is 3.36. The number of nitrogens with zero attached hydrogens (tertiary/aromatic N) is 5. The Morgan fingerprint density at radius 2 is 1.66 bits per heavy atom. The van der Waals surface area contributed by atoms with Crippen LogP contribution in [0.2, 0.25) is 0 Å². The number of benzene rings is 2. The Labute approximate surface area is 182 Å². The van der Waals surface area contributed by atoms with E-state index in [9.17, 15) is 13.6 Å². The number of carbonyl (C=O) groups is 1. The van der Waals surface area contributed by atoms with E-state index < -0.39 is 0 Å². The summed E-state index contributed by atoms with van der Waals surface area (Å²) in [5.74, 6) is 1.30. The van der Waals surface area contributed by atoms with Gasteiger partial charge in [-0.2, -0.15) is 0 Å². The zero-order chi connectivity index (χ0) is 22.2. The molecule has 162 valence electrons. The third-order valence-electron chi connectivity index (χ3n) is 5.35. The van der Waals surface area contributed by atoms with Crippen molar-refractivity contribution in [2.75, 3.05) is 6.54 Å². The number of fused-ring (bicyclic) bond motifs is 1. The average molecular weight is 435 g/mol. The van der Waals surface area contributed by atoms with Crippen LogP contribution in [0.3, 0.4) is 0 Å². The molecule has 2 aromatic carbocycles. The zero-order valence-electron chi connectivity index (χ0n) is 17.3. The summed E-state index contributed by atoms with van der Waals surface area (Å²) in [6.45, 7) is 2.63. The molecular formula is C23H19F2N5O2. The second-order valence-electron chi connectivity index (χ2n) is 7.60. The van der Waals surface area contributed by atoms with E-state index in [0.717, 1.165) is 11.5 Å². The van der Waals surface area contributed by atoms with Gasteiger partial charge in [0.15, 0.2) is 17.5 Å².